The van der Waals surface area contributed by atoms with Crippen LogP contribution in [0.3, 0.4) is 0 Å². The Morgan fingerprint density at radius 2 is 1.89 bits per heavy atom. The molecule has 3 rings (SSSR count). The van der Waals surface area contributed by atoms with Gasteiger partial charge in [0.2, 0.25) is 0 Å². The second kappa shape index (κ2) is 8.25. The number of fused-ring (bicyclic) bond motifs is 1. The molecule has 0 fully saturated rings. The van der Waals surface area contributed by atoms with Gasteiger partial charge in [0, 0.05) is 12.1 Å². The normalized spacial score (nSPS) is 11.0. The molecule has 0 saturated heterocycles. The van der Waals surface area contributed by atoms with Crippen molar-refractivity contribution in [1.29, 1.82) is 0 Å². The van der Waals surface area contributed by atoms with Gasteiger partial charge in [-0.25, -0.2) is 4.98 Å². The fraction of sp³-hybridized carbons (Fsp3) is 0.318. The maximum absolute atomic E-state index is 13.0. The summed E-state index contributed by atoms with van der Waals surface area (Å²) in [5, 5.41) is 3.38. The SMILES string of the molecule is COc1ccc(-n2c(C)nc3cc(C(=O)NCCC(C)C)ccc3c2=O)cc1. The van der Waals surface area contributed by atoms with Crippen molar-refractivity contribution < 1.29 is 9.53 Å². The Kier molecular flexibility index (Phi) is 5.78. The van der Waals surface area contributed by atoms with Gasteiger partial charge in [0.15, 0.2) is 0 Å². The summed E-state index contributed by atoms with van der Waals surface area (Å²) >= 11 is 0. The van der Waals surface area contributed by atoms with Crippen LogP contribution in [0.25, 0.3) is 16.6 Å². The molecule has 28 heavy (non-hydrogen) atoms. The number of ether oxygens (including phenoxy) is 1. The molecule has 1 heterocycles. The first kappa shape index (κ1) is 19.6. The number of hydrogen-bond donors (Lipinski definition) is 1. The third kappa shape index (κ3) is 4.06. The Bertz CT molecular complexity index is 1050. The number of aryl methyl sites for hydroxylation is 1. The highest BCUT2D eigenvalue weighted by atomic mass is 16.5. The van der Waals surface area contributed by atoms with Crippen LogP contribution in [0.2, 0.25) is 0 Å². The molecule has 0 spiro atoms. The van der Waals surface area contributed by atoms with Gasteiger partial charge in [-0.15, -0.1) is 0 Å². The topological polar surface area (TPSA) is 73.2 Å². The lowest BCUT2D eigenvalue weighted by Gasteiger charge is -2.12. The Morgan fingerprint density at radius 1 is 1.18 bits per heavy atom. The van der Waals surface area contributed by atoms with Crippen molar-refractivity contribution in [3.63, 3.8) is 0 Å². The minimum Gasteiger partial charge on any atom is -0.497 e. The molecule has 1 amide bonds. The molecule has 146 valence electrons. The number of methoxy groups -OCH3 is 1. The van der Waals surface area contributed by atoms with Crippen molar-refractivity contribution >= 4 is 16.8 Å². The molecule has 6 nitrogen and oxygen atoms in total. The van der Waals surface area contributed by atoms with Crippen LogP contribution in [0.15, 0.2) is 47.3 Å². The Morgan fingerprint density at radius 3 is 2.54 bits per heavy atom. The van der Waals surface area contributed by atoms with E-state index in [1.54, 1.807) is 48.9 Å². The fourth-order valence-corrected chi connectivity index (χ4v) is 3.05. The fourth-order valence-electron chi connectivity index (χ4n) is 3.05. The van der Waals surface area contributed by atoms with E-state index < -0.39 is 0 Å². The molecule has 0 atom stereocenters. The summed E-state index contributed by atoms with van der Waals surface area (Å²) in [7, 11) is 1.60. The van der Waals surface area contributed by atoms with E-state index in [0.717, 1.165) is 12.2 Å². The Balaban J connectivity index is 1.96. The smallest absolute Gasteiger partial charge is 0.265 e. The van der Waals surface area contributed by atoms with Crippen LogP contribution < -0.4 is 15.6 Å². The highest BCUT2D eigenvalue weighted by Gasteiger charge is 2.13. The molecule has 0 aliphatic rings. The standard InChI is InChI=1S/C22H25N3O3/c1-14(2)11-12-23-21(26)16-5-10-19-20(13-16)24-15(3)25(22(19)27)17-6-8-18(28-4)9-7-17/h5-10,13-14H,11-12H2,1-4H3,(H,23,26). The molecule has 0 aliphatic heterocycles. The number of benzene rings is 2. The third-order valence-corrected chi connectivity index (χ3v) is 4.64. The number of carbonyl (C=O) groups is 1. The van der Waals surface area contributed by atoms with Crippen molar-refractivity contribution in [3.8, 4) is 11.4 Å². The van der Waals surface area contributed by atoms with Gasteiger partial charge in [-0.2, -0.15) is 0 Å². The third-order valence-electron chi connectivity index (χ3n) is 4.64. The maximum Gasteiger partial charge on any atom is 0.265 e. The number of carbonyl (C=O) groups excluding carboxylic acids is 1. The zero-order valence-electron chi connectivity index (χ0n) is 16.7. The van der Waals surface area contributed by atoms with E-state index in [1.165, 1.54) is 0 Å². The number of rotatable bonds is 6. The van der Waals surface area contributed by atoms with Gasteiger partial charge in [-0.3, -0.25) is 14.2 Å². The monoisotopic (exact) mass is 379 g/mol. The molecule has 1 aromatic heterocycles. The van der Waals surface area contributed by atoms with Gasteiger partial charge in [0.05, 0.1) is 23.7 Å². The van der Waals surface area contributed by atoms with Crippen LogP contribution in [-0.4, -0.2) is 29.1 Å². The van der Waals surface area contributed by atoms with Crippen molar-refractivity contribution in [3.05, 3.63) is 64.2 Å². The van der Waals surface area contributed by atoms with E-state index in [-0.39, 0.29) is 11.5 Å². The lowest BCUT2D eigenvalue weighted by Crippen LogP contribution is -2.26. The first-order chi connectivity index (χ1) is 13.4. The van der Waals surface area contributed by atoms with Gasteiger partial charge in [0.1, 0.15) is 11.6 Å². The van der Waals surface area contributed by atoms with E-state index in [0.29, 0.717) is 40.4 Å². The molecule has 0 unspecified atom stereocenters. The number of aromatic nitrogens is 2. The molecule has 6 heteroatoms. The Hall–Kier alpha value is -3.15. The molecule has 2 aromatic carbocycles. The van der Waals surface area contributed by atoms with Gasteiger partial charge in [0.25, 0.3) is 11.5 Å². The van der Waals surface area contributed by atoms with E-state index in [9.17, 15) is 9.59 Å². The molecule has 0 saturated carbocycles. The number of hydrogen-bond acceptors (Lipinski definition) is 4. The summed E-state index contributed by atoms with van der Waals surface area (Å²) in [6.45, 7) is 6.63. The molecule has 3 aromatic rings. The second-order valence-corrected chi connectivity index (χ2v) is 7.17. The van der Waals surface area contributed by atoms with Crippen molar-refractivity contribution in [2.45, 2.75) is 27.2 Å². The minimum atomic E-state index is -0.167. The first-order valence-corrected chi connectivity index (χ1v) is 9.36. The van der Waals surface area contributed by atoms with E-state index in [4.69, 9.17) is 4.74 Å². The van der Waals surface area contributed by atoms with Crippen LogP contribution in [0.1, 0.15) is 36.5 Å². The minimum absolute atomic E-state index is 0.152. The van der Waals surface area contributed by atoms with Crippen molar-refractivity contribution in [2.75, 3.05) is 13.7 Å². The summed E-state index contributed by atoms with van der Waals surface area (Å²) in [5.41, 5.74) is 1.57. The van der Waals surface area contributed by atoms with Crippen LogP contribution in [0.5, 0.6) is 5.75 Å². The first-order valence-electron chi connectivity index (χ1n) is 9.36. The summed E-state index contributed by atoms with van der Waals surface area (Å²) in [5.74, 6) is 1.65. The van der Waals surface area contributed by atoms with E-state index in [2.05, 4.69) is 24.1 Å². The summed E-state index contributed by atoms with van der Waals surface area (Å²) in [4.78, 5) is 29.9. The predicted molar refractivity (Wildman–Crippen MR) is 110 cm³/mol. The summed E-state index contributed by atoms with van der Waals surface area (Å²) in [6, 6.07) is 12.2. The quantitative estimate of drug-likeness (QED) is 0.712. The molecular formula is C22H25N3O3. The molecule has 0 bridgehead atoms. The molecule has 0 radical (unpaired) electrons. The van der Waals surface area contributed by atoms with Crippen molar-refractivity contribution in [1.82, 2.24) is 14.9 Å². The van der Waals surface area contributed by atoms with E-state index in [1.807, 2.05) is 12.1 Å². The highest BCUT2D eigenvalue weighted by Crippen LogP contribution is 2.17. The van der Waals surface area contributed by atoms with Gasteiger partial charge >= 0.3 is 0 Å². The summed E-state index contributed by atoms with van der Waals surface area (Å²) < 4.78 is 6.73. The predicted octanol–water partition coefficient (Wildman–Crippen LogP) is 3.48. The zero-order valence-corrected chi connectivity index (χ0v) is 16.7. The Labute approximate surface area is 164 Å². The molecule has 1 N–H and O–H groups in total. The van der Waals surface area contributed by atoms with Crippen molar-refractivity contribution in [2.24, 2.45) is 5.92 Å². The van der Waals surface area contributed by atoms with Crippen LogP contribution >= 0.6 is 0 Å². The van der Waals surface area contributed by atoms with Gasteiger partial charge < -0.3 is 10.1 Å². The second-order valence-electron chi connectivity index (χ2n) is 7.17. The van der Waals surface area contributed by atoms with Crippen LogP contribution in [0.4, 0.5) is 0 Å². The van der Waals surface area contributed by atoms with Crippen LogP contribution in [0, 0.1) is 12.8 Å². The maximum atomic E-state index is 13.0. The lowest BCUT2D eigenvalue weighted by atomic mass is 10.1. The molecule has 0 aliphatic carbocycles. The average molecular weight is 379 g/mol. The number of nitrogens with one attached hydrogen (secondary N) is 1. The highest BCUT2D eigenvalue weighted by molar-refractivity contribution is 5.97. The average Bonchev–Trinajstić information content (AvgIpc) is 2.67. The number of nitrogens with zero attached hydrogens (tertiary/aromatic N) is 2. The molecular weight excluding hydrogens is 354 g/mol. The lowest BCUT2D eigenvalue weighted by molar-refractivity contribution is 0.0952. The zero-order chi connectivity index (χ0) is 20.3. The van der Waals surface area contributed by atoms with Crippen LogP contribution in [-0.2, 0) is 0 Å². The summed E-state index contributed by atoms with van der Waals surface area (Å²) in [6.07, 6.45) is 0.920. The van der Waals surface area contributed by atoms with Gasteiger partial charge in [-0.05, 0) is 61.7 Å². The van der Waals surface area contributed by atoms with Gasteiger partial charge in [-0.1, -0.05) is 13.8 Å². The largest absolute Gasteiger partial charge is 0.497 e. The number of amides is 1. The van der Waals surface area contributed by atoms with E-state index >= 15 is 0 Å².